The Kier molecular flexibility index (Phi) is 5.97. The minimum atomic E-state index is 0.771. The SMILES string of the molecule is CC(C)CN(CC1CCCCC1)CC1CCCN1. The molecule has 0 aromatic heterocycles. The van der Waals surface area contributed by atoms with Crippen LogP contribution in [0, 0.1) is 11.8 Å². The first-order valence-corrected chi connectivity index (χ1v) is 8.20. The van der Waals surface area contributed by atoms with Gasteiger partial charge in [0.05, 0.1) is 0 Å². The van der Waals surface area contributed by atoms with Crippen molar-refractivity contribution in [1.29, 1.82) is 0 Å². The topological polar surface area (TPSA) is 15.3 Å². The fraction of sp³-hybridized carbons (Fsp3) is 1.00. The highest BCUT2D eigenvalue weighted by Crippen LogP contribution is 2.25. The van der Waals surface area contributed by atoms with E-state index in [1.807, 2.05) is 0 Å². The highest BCUT2D eigenvalue weighted by molar-refractivity contribution is 4.80. The quantitative estimate of drug-likeness (QED) is 0.780. The van der Waals surface area contributed by atoms with Crippen LogP contribution in [0.15, 0.2) is 0 Å². The highest BCUT2D eigenvalue weighted by atomic mass is 15.2. The van der Waals surface area contributed by atoms with Gasteiger partial charge in [-0.3, -0.25) is 0 Å². The lowest BCUT2D eigenvalue weighted by molar-refractivity contribution is 0.171. The van der Waals surface area contributed by atoms with Crippen molar-refractivity contribution in [1.82, 2.24) is 10.2 Å². The summed E-state index contributed by atoms with van der Waals surface area (Å²) in [6, 6.07) is 0.771. The molecule has 0 amide bonds. The van der Waals surface area contributed by atoms with Crippen LogP contribution in [0.25, 0.3) is 0 Å². The largest absolute Gasteiger partial charge is 0.313 e. The lowest BCUT2D eigenvalue weighted by atomic mass is 9.88. The monoisotopic (exact) mass is 252 g/mol. The van der Waals surface area contributed by atoms with Crippen LogP contribution in [-0.4, -0.2) is 37.1 Å². The summed E-state index contributed by atoms with van der Waals surface area (Å²) in [5.74, 6) is 1.79. The first-order chi connectivity index (χ1) is 8.74. The van der Waals surface area contributed by atoms with Gasteiger partial charge in [0.1, 0.15) is 0 Å². The van der Waals surface area contributed by atoms with E-state index in [0.717, 1.165) is 17.9 Å². The first kappa shape index (κ1) is 14.3. The molecule has 2 aliphatic rings. The Labute approximate surface area is 114 Å². The van der Waals surface area contributed by atoms with Gasteiger partial charge in [-0.2, -0.15) is 0 Å². The van der Waals surface area contributed by atoms with Gasteiger partial charge >= 0.3 is 0 Å². The van der Waals surface area contributed by atoms with Crippen molar-refractivity contribution in [2.45, 2.75) is 64.8 Å². The van der Waals surface area contributed by atoms with E-state index in [2.05, 4.69) is 24.1 Å². The van der Waals surface area contributed by atoms with Gasteiger partial charge in [0, 0.05) is 25.7 Å². The summed E-state index contributed by atoms with van der Waals surface area (Å²) in [5.41, 5.74) is 0. The lowest BCUT2D eigenvalue weighted by Crippen LogP contribution is -2.42. The Morgan fingerprint density at radius 2 is 1.78 bits per heavy atom. The van der Waals surface area contributed by atoms with Crippen LogP contribution in [0.4, 0.5) is 0 Å². The van der Waals surface area contributed by atoms with Crippen LogP contribution in [-0.2, 0) is 0 Å². The maximum absolute atomic E-state index is 3.66. The molecule has 1 saturated heterocycles. The molecule has 2 nitrogen and oxygen atoms in total. The smallest absolute Gasteiger partial charge is 0.0195 e. The summed E-state index contributed by atoms with van der Waals surface area (Å²) in [6.45, 7) is 9.88. The lowest BCUT2D eigenvalue weighted by Gasteiger charge is -2.32. The summed E-state index contributed by atoms with van der Waals surface area (Å²) < 4.78 is 0. The average Bonchev–Trinajstić information content (AvgIpc) is 2.82. The second-order valence-corrected chi connectivity index (χ2v) is 6.91. The van der Waals surface area contributed by atoms with Crippen molar-refractivity contribution in [2.24, 2.45) is 11.8 Å². The van der Waals surface area contributed by atoms with Crippen molar-refractivity contribution in [3.05, 3.63) is 0 Å². The van der Waals surface area contributed by atoms with E-state index in [1.54, 1.807) is 0 Å². The number of hydrogen-bond acceptors (Lipinski definition) is 2. The van der Waals surface area contributed by atoms with Crippen molar-refractivity contribution < 1.29 is 0 Å². The van der Waals surface area contributed by atoms with E-state index >= 15 is 0 Å². The fourth-order valence-corrected chi connectivity index (χ4v) is 3.70. The molecule has 0 spiro atoms. The predicted octanol–water partition coefficient (Wildman–Crippen LogP) is 3.28. The van der Waals surface area contributed by atoms with Gasteiger partial charge in [-0.15, -0.1) is 0 Å². The molecule has 0 aromatic rings. The second-order valence-electron chi connectivity index (χ2n) is 6.91. The molecule has 106 valence electrons. The maximum atomic E-state index is 3.66. The Balaban J connectivity index is 1.78. The Bertz CT molecular complexity index is 215. The highest BCUT2D eigenvalue weighted by Gasteiger charge is 2.22. The molecule has 18 heavy (non-hydrogen) atoms. The number of nitrogens with one attached hydrogen (secondary N) is 1. The van der Waals surface area contributed by atoms with E-state index in [0.29, 0.717) is 0 Å². The van der Waals surface area contributed by atoms with E-state index in [4.69, 9.17) is 0 Å². The molecular weight excluding hydrogens is 220 g/mol. The third kappa shape index (κ3) is 4.89. The molecule has 1 atom stereocenters. The van der Waals surface area contributed by atoms with Gasteiger partial charge in [0.25, 0.3) is 0 Å². The van der Waals surface area contributed by atoms with Gasteiger partial charge in [-0.1, -0.05) is 33.1 Å². The Morgan fingerprint density at radius 3 is 2.39 bits per heavy atom. The Morgan fingerprint density at radius 1 is 1.00 bits per heavy atom. The third-order valence-electron chi connectivity index (χ3n) is 4.51. The van der Waals surface area contributed by atoms with Crippen LogP contribution in [0.1, 0.15) is 58.8 Å². The molecule has 0 bridgehead atoms. The van der Waals surface area contributed by atoms with Crippen molar-refractivity contribution in [3.8, 4) is 0 Å². The van der Waals surface area contributed by atoms with Crippen LogP contribution in [0.5, 0.6) is 0 Å². The number of nitrogens with zero attached hydrogens (tertiary/aromatic N) is 1. The third-order valence-corrected chi connectivity index (χ3v) is 4.51. The molecule has 2 rings (SSSR count). The van der Waals surface area contributed by atoms with E-state index in [1.165, 1.54) is 71.1 Å². The summed E-state index contributed by atoms with van der Waals surface area (Å²) in [5, 5.41) is 3.66. The Hall–Kier alpha value is -0.0800. The van der Waals surface area contributed by atoms with Crippen molar-refractivity contribution >= 4 is 0 Å². The minimum Gasteiger partial charge on any atom is -0.313 e. The van der Waals surface area contributed by atoms with Crippen LogP contribution in [0.3, 0.4) is 0 Å². The fourth-order valence-electron chi connectivity index (χ4n) is 3.70. The minimum absolute atomic E-state index is 0.771. The van der Waals surface area contributed by atoms with Gasteiger partial charge in [-0.25, -0.2) is 0 Å². The molecule has 0 radical (unpaired) electrons. The van der Waals surface area contributed by atoms with E-state index in [9.17, 15) is 0 Å². The van der Waals surface area contributed by atoms with Crippen molar-refractivity contribution in [2.75, 3.05) is 26.2 Å². The summed E-state index contributed by atoms with van der Waals surface area (Å²) >= 11 is 0. The molecule has 2 heteroatoms. The number of hydrogen-bond donors (Lipinski definition) is 1. The molecular formula is C16H32N2. The summed E-state index contributed by atoms with van der Waals surface area (Å²) in [6.07, 6.45) is 10.1. The summed E-state index contributed by atoms with van der Waals surface area (Å²) in [4.78, 5) is 2.75. The molecule has 1 N–H and O–H groups in total. The normalized spacial score (nSPS) is 26.3. The zero-order chi connectivity index (χ0) is 12.8. The molecule has 2 fully saturated rings. The van der Waals surface area contributed by atoms with Gasteiger partial charge in [0.15, 0.2) is 0 Å². The average molecular weight is 252 g/mol. The van der Waals surface area contributed by atoms with Gasteiger partial charge in [-0.05, 0) is 44.1 Å². The zero-order valence-electron chi connectivity index (χ0n) is 12.5. The molecule has 1 heterocycles. The van der Waals surface area contributed by atoms with Gasteiger partial charge < -0.3 is 10.2 Å². The first-order valence-electron chi connectivity index (χ1n) is 8.20. The molecule has 1 aliphatic heterocycles. The zero-order valence-corrected chi connectivity index (χ0v) is 12.5. The molecule has 1 saturated carbocycles. The van der Waals surface area contributed by atoms with Crippen LogP contribution in [0.2, 0.25) is 0 Å². The number of rotatable bonds is 6. The van der Waals surface area contributed by atoms with E-state index < -0.39 is 0 Å². The molecule has 1 aliphatic carbocycles. The van der Waals surface area contributed by atoms with Crippen LogP contribution >= 0.6 is 0 Å². The molecule has 0 aromatic carbocycles. The predicted molar refractivity (Wildman–Crippen MR) is 78.9 cm³/mol. The van der Waals surface area contributed by atoms with E-state index in [-0.39, 0.29) is 0 Å². The van der Waals surface area contributed by atoms with Crippen LogP contribution < -0.4 is 5.32 Å². The van der Waals surface area contributed by atoms with Crippen molar-refractivity contribution in [3.63, 3.8) is 0 Å². The molecule has 1 unspecified atom stereocenters. The maximum Gasteiger partial charge on any atom is 0.0195 e. The standard InChI is InChI=1S/C16H32N2/c1-14(2)11-18(13-16-9-6-10-17-16)12-15-7-4-3-5-8-15/h14-17H,3-13H2,1-2H3. The summed E-state index contributed by atoms with van der Waals surface area (Å²) in [7, 11) is 0. The second kappa shape index (κ2) is 7.49. The van der Waals surface area contributed by atoms with Gasteiger partial charge in [0.2, 0.25) is 0 Å².